The van der Waals surface area contributed by atoms with Crippen LogP contribution in [-0.4, -0.2) is 6.10 Å². The van der Waals surface area contributed by atoms with Crippen LogP contribution < -0.4 is 0 Å². The van der Waals surface area contributed by atoms with Gasteiger partial charge in [0.15, 0.2) is 0 Å². The molecule has 0 bridgehead atoms. The molecule has 0 unspecified atom stereocenters. The molecule has 0 amide bonds. The zero-order valence-corrected chi connectivity index (χ0v) is 8.99. The third kappa shape index (κ3) is 1.69. The zero-order valence-electron chi connectivity index (χ0n) is 8.99. The predicted molar refractivity (Wildman–Crippen MR) is 58.2 cm³/mol. The maximum atomic E-state index is 6.06. The fourth-order valence-corrected chi connectivity index (χ4v) is 2.17. The molecule has 1 nitrogen and oxygen atoms in total. The predicted octanol–water partition coefficient (Wildman–Crippen LogP) is 3.49. The lowest BCUT2D eigenvalue weighted by molar-refractivity contribution is -0.134. The first kappa shape index (κ1) is 9.72. The molecule has 1 heteroatoms. The van der Waals surface area contributed by atoms with E-state index in [0.717, 1.165) is 0 Å². The average molecular weight is 190 g/mol. The fraction of sp³-hybridized carbons (Fsp3) is 0.538. The van der Waals surface area contributed by atoms with E-state index in [2.05, 4.69) is 44.2 Å². The Balaban J connectivity index is 2.20. The van der Waals surface area contributed by atoms with Crippen molar-refractivity contribution in [2.45, 2.75) is 44.8 Å². The van der Waals surface area contributed by atoms with Gasteiger partial charge in [0.1, 0.15) is 0 Å². The first-order valence-corrected chi connectivity index (χ1v) is 5.46. The van der Waals surface area contributed by atoms with Crippen LogP contribution in [0, 0.1) is 0 Å². The van der Waals surface area contributed by atoms with E-state index in [1.807, 2.05) is 0 Å². The molecule has 0 N–H and O–H groups in total. The number of ether oxygens (including phenoxy) is 1. The van der Waals surface area contributed by atoms with Crippen LogP contribution in [0.1, 0.15) is 38.7 Å². The SMILES string of the molecule is CC(C)OC1(c2ccccc2)CCC1. The van der Waals surface area contributed by atoms with Crippen LogP contribution in [0.4, 0.5) is 0 Å². The molecule has 0 radical (unpaired) electrons. The van der Waals surface area contributed by atoms with Crippen LogP contribution >= 0.6 is 0 Å². The quantitative estimate of drug-likeness (QED) is 0.709. The molecular weight excluding hydrogens is 172 g/mol. The highest BCUT2D eigenvalue weighted by Gasteiger charge is 2.40. The molecule has 0 spiro atoms. The third-order valence-corrected chi connectivity index (χ3v) is 2.92. The van der Waals surface area contributed by atoms with Gasteiger partial charge in [0.2, 0.25) is 0 Å². The molecule has 1 aliphatic carbocycles. The second kappa shape index (κ2) is 3.74. The topological polar surface area (TPSA) is 9.23 Å². The molecule has 2 rings (SSSR count). The number of hydrogen-bond acceptors (Lipinski definition) is 1. The minimum atomic E-state index is 0.0371. The molecule has 1 aliphatic rings. The van der Waals surface area contributed by atoms with Crippen molar-refractivity contribution in [3.05, 3.63) is 35.9 Å². The van der Waals surface area contributed by atoms with E-state index in [9.17, 15) is 0 Å². The Morgan fingerprint density at radius 2 is 1.79 bits per heavy atom. The normalized spacial score (nSPS) is 19.4. The van der Waals surface area contributed by atoms with Crippen LogP contribution in [-0.2, 0) is 10.3 Å². The minimum absolute atomic E-state index is 0.0371. The van der Waals surface area contributed by atoms with Gasteiger partial charge < -0.3 is 4.74 Å². The highest BCUT2D eigenvalue weighted by atomic mass is 16.5. The summed E-state index contributed by atoms with van der Waals surface area (Å²) in [5, 5.41) is 0. The number of benzene rings is 1. The van der Waals surface area contributed by atoms with Crippen LogP contribution in [0.2, 0.25) is 0 Å². The van der Waals surface area contributed by atoms with Crippen molar-refractivity contribution in [1.82, 2.24) is 0 Å². The fourth-order valence-electron chi connectivity index (χ4n) is 2.17. The molecule has 1 fully saturated rings. The van der Waals surface area contributed by atoms with Gasteiger partial charge in [-0.3, -0.25) is 0 Å². The molecule has 1 aromatic rings. The Kier molecular flexibility index (Phi) is 2.60. The zero-order chi connectivity index (χ0) is 10.0. The van der Waals surface area contributed by atoms with E-state index >= 15 is 0 Å². The van der Waals surface area contributed by atoms with Crippen molar-refractivity contribution >= 4 is 0 Å². The van der Waals surface area contributed by atoms with Crippen molar-refractivity contribution < 1.29 is 4.74 Å². The third-order valence-electron chi connectivity index (χ3n) is 2.92. The molecule has 1 aromatic carbocycles. The standard InChI is InChI=1S/C13H18O/c1-11(2)14-13(9-6-10-13)12-7-4-3-5-8-12/h3-5,7-8,11H,6,9-10H2,1-2H3. The summed E-state index contributed by atoms with van der Waals surface area (Å²) in [7, 11) is 0. The number of hydrogen-bond donors (Lipinski definition) is 0. The van der Waals surface area contributed by atoms with Crippen molar-refractivity contribution in [3.8, 4) is 0 Å². The monoisotopic (exact) mass is 190 g/mol. The van der Waals surface area contributed by atoms with E-state index in [1.54, 1.807) is 0 Å². The van der Waals surface area contributed by atoms with E-state index in [4.69, 9.17) is 4.74 Å². The average Bonchev–Trinajstić information content (AvgIpc) is 2.12. The second-order valence-electron chi connectivity index (χ2n) is 4.38. The first-order valence-electron chi connectivity index (χ1n) is 5.46. The highest BCUT2D eigenvalue weighted by molar-refractivity contribution is 5.24. The minimum Gasteiger partial charge on any atom is -0.368 e. The molecule has 14 heavy (non-hydrogen) atoms. The van der Waals surface area contributed by atoms with Gasteiger partial charge in [-0.2, -0.15) is 0 Å². The molecule has 0 heterocycles. The van der Waals surface area contributed by atoms with Gasteiger partial charge in [0, 0.05) is 0 Å². The summed E-state index contributed by atoms with van der Waals surface area (Å²) in [5.41, 5.74) is 1.38. The summed E-state index contributed by atoms with van der Waals surface area (Å²) < 4.78 is 6.06. The molecule has 0 aromatic heterocycles. The Morgan fingerprint density at radius 1 is 1.14 bits per heavy atom. The van der Waals surface area contributed by atoms with Gasteiger partial charge >= 0.3 is 0 Å². The van der Waals surface area contributed by atoms with Gasteiger partial charge in [0.05, 0.1) is 11.7 Å². The van der Waals surface area contributed by atoms with Crippen LogP contribution in [0.5, 0.6) is 0 Å². The van der Waals surface area contributed by atoms with Crippen molar-refractivity contribution in [2.24, 2.45) is 0 Å². The van der Waals surface area contributed by atoms with Gasteiger partial charge in [-0.05, 0) is 38.7 Å². The van der Waals surface area contributed by atoms with E-state index in [0.29, 0.717) is 6.10 Å². The van der Waals surface area contributed by atoms with Crippen molar-refractivity contribution in [2.75, 3.05) is 0 Å². The van der Waals surface area contributed by atoms with E-state index in [-0.39, 0.29) is 5.60 Å². The lowest BCUT2D eigenvalue weighted by atomic mass is 9.74. The molecule has 0 atom stereocenters. The summed E-state index contributed by atoms with van der Waals surface area (Å²) in [6.45, 7) is 4.23. The maximum absolute atomic E-state index is 6.06. The van der Waals surface area contributed by atoms with Crippen molar-refractivity contribution in [1.29, 1.82) is 0 Å². The van der Waals surface area contributed by atoms with Gasteiger partial charge in [-0.1, -0.05) is 30.3 Å². The Labute approximate surface area is 86.1 Å². The second-order valence-corrected chi connectivity index (χ2v) is 4.38. The highest BCUT2D eigenvalue weighted by Crippen LogP contribution is 2.45. The summed E-state index contributed by atoms with van der Waals surface area (Å²) in [6.07, 6.45) is 3.96. The van der Waals surface area contributed by atoms with Gasteiger partial charge in [-0.25, -0.2) is 0 Å². The van der Waals surface area contributed by atoms with Gasteiger partial charge in [0.25, 0.3) is 0 Å². The van der Waals surface area contributed by atoms with Crippen LogP contribution in [0.25, 0.3) is 0 Å². The van der Waals surface area contributed by atoms with Crippen LogP contribution in [0.15, 0.2) is 30.3 Å². The Hall–Kier alpha value is -0.820. The molecule has 1 saturated carbocycles. The number of rotatable bonds is 3. The van der Waals surface area contributed by atoms with E-state index in [1.165, 1.54) is 24.8 Å². The summed E-state index contributed by atoms with van der Waals surface area (Å²) in [6, 6.07) is 10.6. The largest absolute Gasteiger partial charge is 0.368 e. The lowest BCUT2D eigenvalue weighted by Crippen LogP contribution is -2.39. The molecular formula is C13H18O. The first-order chi connectivity index (χ1) is 6.73. The van der Waals surface area contributed by atoms with Crippen molar-refractivity contribution in [3.63, 3.8) is 0 Å². The Morgan fingerprint density at radius 3 is 2.21 bits per heavy atom. The van der Waals surface area contributed by atoms with E-state index < -0.39 is 0 Å². The summed E-state index contributed by atoms with van der Waals surface area (Å²) in [4.78, 5) is 0. The molecule has 0 saturated heterocycles. The lowest BCUT2D eigenvalue weighted by Gasteiger charge is -2.43. The molecule has 76 valence electrons. The summed E-state index contributed by atoms with van der Waals surface area (Å²) in [5.74, 6) is 0. The summed E-state index contributed by atoms with van der Waals surface area (Å²) >= 11 is 0. The van der Waals surface area contributed by atoms with Crippen LogP contribution in [0.3, 0.4) is 0 Å². The smallest absolute Gasteiger partial charge is 0.0934 e. The maximum Gasteiger partial charge on any atom is 0.0934 e. The van der Waals surface area contributed by atoms with Gasteiger partial charge in [-0.15, -0.1) is 0 Å². The molecule has 0 aliphatic heterocycles. The Bertz CT molecular complexity index is 285.